The third kappa shape index (κ3) is 6.14. The van der Waals surface area contributed by atoms with E-state index in [1.807, 2.05) is 25.1 Å². The van der Waals surface area contributed by atoms with Gasteiger partial charge in [0.15, 0.2) is 5.96 Å². The number of piperazine rings is 1. The van der Waals surface area contributed by atoms with Gasteiger partial charge in [0.2, 0.25) is 5.91 Å². The first-order chi connectivity index (χ1) is 13.5. The summed E-state index contributed by atoms with van der Waals surface area (Å²) in [7, 11) is 1.85. The Kier molecular flexibility index (Phi) is 8.87. The maximum absolute atomic E-state index is 12.6. The summed E-state index contributed by atoms with van der Waals surface area (Å²) in [6.45, 7) is 9.45. The van der Waals surface area contributed by atoms with E-state index >= 15 is 0 Å². The van der Waals surface area contributed by atoms with Gasteiger partial charge in [-0.05, 0) is 6.92 Å². The molecular weight excluding hydrogens is 501 g/mol. The number of hydrogen-bond donors (Lipinski definition) is 1. The van der Waals surface area contributed by atoms with Crippen LogP contribution in [0.3, 0.4) is 0 Å². The highest BCUT2D eigenvalue weighted by atomic mass is 127. The third-order valence-electron chi connectivity index (χ3n) is 4.55. The van der Waals surface area contributed by atoms with Crippen LogP contribution in [0.25, 0.3) is 0 Å². The second-order valence-electron chi connectivity index (χ2n) is 7.16. The maximum Gasteiger partial charge on any atom is 0.246 e. The number of nitrogens with zero attached hydrogens (tertiary/aromatic N) is 6. The molecule has 0 saturated carbocycles. The molecule has 2 aromatic rings. The zero-order valence-electron chi connectivity index (χ0n) is 17.5. The van der Waals surface area contributed by atoms with Gasteiger partial charge in [-0.25, -0.2) is 4.98 Å². The van der Waals surface area contributed by atoms with Crippen LogP contribution in [0.2, 0.25) is 0 Å². The average Bonchev–Trinajstić information content (AvgIpc) is 3.30. The van der Waals surface area contributed by atoms with Gasteiger partial charge >= 0.3 is 0 Å². The molecule has 3 heterocycles. The molecule has 10 heteroatoms. The number of carbonyl (C=O) groups excluding carboxylic acids is 1. The van der Waals surface area contributed by atoms with Gasteiger partial charge in [0.25, 0.3) is 0 Å². The number of halogens is 1. The SMILES string of the molecule is CCNC(=NCCc1csc(C(C)C)n1)N1CCN(c2cnn(C)c2)C(=O)C1.I. The number of hydrogen-bond acceptors (Lipinski definition) is 5. The van der Waals surface area contributed by atoms with E-state index in [1.54, 1.807) is 27.1 Å². The number of aromatic nitrogens is 3. The molecule has 0 aromatic carbocycles. The summed E-state index contributed by atoms with van der Waals surface area (Å²) in [4.78, 5) is 25.9. The van der Waals surface area contributed by atoms with Gasteiger partial charge in [-0.2, -0.15) is 5.10 Å². The number of carbonyl (C=O) groups is 1. The van der Waals surface area contributed by atoms with Crippen LogP contribution in [0.4, 0.5) is 5.69 Å². The Morgan fingerprint density at radius 2 is 2.17 bits per heavy atom. The first kappa shape index (κ1) is 23.6. The van der Waals surface area contributed by atoms with Gasteiger partial charge in [-0.1, -0.05) is 13.8 Å². The lowest BCUT2D eigenvalue weighted by Gasteiger charge is -2.35. The Balaban J connectivity index is 0.00000300. The number of anilines is 1. The fourth-order valence-electron chi connectivity index (χ4n) is 3.08. The van der Waals surface area contributed by atoms with Gasteiger partial charge in [-0.15, -0.1) is 35.3 Å². The molecule has 1 amide bonds. The van der Waals surface area contributed by atoms with Crippen molar-refractivity contribution in [2.45, 2.75) is 33.1 Å². The number of aliphatic imine (C=N–C) groups is 1. The minimum absolute atomic E-state index is 0. The largest absolute Gasteiger partial charge is 0.357 e. The number of nitrogens with one attached hydrogen (secondary N) is 1. The Morgan fingerprint density at radius 3 is 2.76 bits per heavy atom. The highest BCUT2D eigenvalue weighted by Gasteiger charge is 2.27. The highest BCUT2D eigenvalue weighted by Crippen LogP contribution is 2.19. The minimum Gasteiger partial charge on any atom is -0.357 e. The van der Waals surface area contributed by atoms with Gasteiger partial charge in [0, 0.05) is 57.1 Å². The van der Waals surface area contributed by atoms with Crippen LogP contribution in [0, 0.1) is 0 Å². The fourth-order valence-corrected chi connectivity index (χ4v) is 3.95. The number of thiazole rings is 1. The van der Waals surface area contributed by atoms with Crippen molar-refractivity contribution in [3.05, 3.63) is 28.5 Å². The molecule has 0 radical (unpaired) electrons. The highest BCUT2D eigenvalue weighted by molar-refractivity contribution is 14.0. The zero-order chi connectivity index (χ0) is 20.1. The smallest absolute Gasteiger partial charge is 0.246 e. The molecule has 8 nitrogen and oxygen atoms in total. The summed E-state index contributed by atoms with van der Waals surface area (Å²) in [5, 5.41) is 10.8. The predicted molar refractivity (Wildman–Crippen MR) is 128 cm³/mol. The van der Waals surface area contributed by atoms with Gasteiger partial charge in [0.05, 0.1) is 22.6 Å². The normalized spacial score (nSPS) is 15.1. The molecule has 0 atom stereocenters. The summed E-state index contributed by atoms with van der Waals surface area (Å²) < 4.78 is 1.71. The van der Waals surface area contributed by atoms with Crippen LogP contribution in [-0.4, -0.2) is 64.3 Å². The van der Waals surface area contributed by atoms with Crippen molar-refractivity contribution in [2.75, 3.05) is 37.6 Å². The molecule has 0 unspecified atom stereocenters. The molecule has 2 aromatic heterocycles. The number of aryl methyl sites for hydroxylation is 1. The van der Waals surface area contributed by atoms with E-state index in [1.165, 1.54) is 5.01 Å². The van der Waals surface area contributed by atoms with E-state index in [-0.39, 0.29) is 29.9 Å². The van der Waals surface area contributed by atoms with Crippen molar-refractivity contribution in [3.8, 4) is 0 Å². The van der Waals surface area contributed by atoms with E-state index in [9.17, 15) is 4.79 Å². The van der Waals surface area contributed by atoms with Crippen LogP contribution in [-0.2, 0) is 18.3 Å². The molecule has 3 rings (SSSR count). The van der Waals surface area contributed by atoms with E-state index in [4.69, 9.17) is 4.99 Å². The van der Waals surface area contributed by atoms with E-state index in [0.29, 0.717) is 25.6 Å². The summed E-state index contributed by atoms with van der Waals surface area (Å²) in [5.41, 5.74) is 1.93. The Labute approximate surface area is 193 Å². The first-order valence-corrected chi connectivity index (χ1v) is 10.6. The molecule has 1 aliphatic heterocycles. The second-order valence-corrected chi connectivity index (χ2v) is 8.05. The van der Waals surface area contributed by atoms with Crippen LogP contribution in [0.15, 0.2) is 22.8 Å². The lowest BCUT2D eigenvalue weighted by molar-refractivity contribution is -0.120. The Bertz CT molecular complexity index is 832. The van der Waals surface area contributed by atoms with Crippen LogP contribution in [0.5, 0.6) is 0 Å². The summed E-state index contributed by atoms with van der Waals surface area (Å²) >= 11 is 1.71. The van der Waals surface area contributed by atoms with E-state index < -0.39 is 0 Å². The lowest BCUT2D eigenvalue weighted by atomic mass is 10.2. The molecule has 0 spiro atoms. The van der Waals surface area contributed by atoms with Crippen LogP contribution in [0.1, 0.15) is 37.4 Å². The topological polar surface area (TPSA) is 78.7 Å². The first-order valence-electron chi connectivity index (χ1n) is 9.74. The lowest BCUT2D eigenvalue weighted by Crippen LogP contribution is -2.55. The van der Waals surface area contributed by atoms with Crippen molar-refractivity contribution in [1.29, 1.82) is 0 Å². The molecular formula is C19H30IN7OS. The van der Waals surface area contributed by atoms with Crippen molar-refractivity contribution >= 4 is 52.9 Å². The van der Waals surface area contributed by atoms with Gasteiger partial charge < -0.3 is 15.1 Å². The van der Waals surface area contributed by atoms with Crippen molar-refractivity contribution in [2.24, 2.45) is 12.0 Å². The molecule has 29 heavy (non-hydrogen) atoms. The summed E-state index contributed by atoms with van der Waals surface area (Å²) in [5.74, 6) is 1.31. The molecule has 0 aliphatic carbocycles. The van der Waals surface area contributed by atoms with Crippen LogP contribution >= 0.6 is 35.3 Å². The summed E-state index contributed by atoms with van der Waals surface area (Å²) in [6.07, 6.45) is 4.40. The average molecular weight is 531 g/mol. The quantitative estimate of drug-likeness (QED) is 0.352. The van der Waals surface area contributed by atoms with E-state index in [2.05, 4.69) is 34.6 Å². The molecule has 1 N–H and O–H groups in total. The molecule has 160 valence electrons. The minimum atomic E-state index is 0. The molecule has 1 fully saturated rings. The zero-order valence-corrected chi connectivity index (χ0v) is 20.6. The monoisotopic (exact) mass is 531 g/mol. The maximum atomic E-state index is 12.6. The number of amides is 1. The standard InChI is InChI=1S/C19H29N7OS.HI/c1-5-20-19(21-7-6-15-13-28-18(23-15)14(2)3)25-8-9-26(17(27)12-25)16-10-22-24(4)11-16;/h10-11,13-14H,5-9,12H2,1-4H3,(H,20,21);1H. The van der Waals surface area contributed by atoms with Gasteiger partial charge in [0.1, 0.15) is 6.54 Å². The third-order valence-corrected chi connectivity index (χ3v) is 5.75. The second kappa shape index (κ2) is 10.9. The van der Waals surface area contributed by atoms with Crippen molar-refractivity contribution in [1.82, 2.24) is 25.0 Å². The number of rotatable bonds is 6. The molecule has 0 bridgehead atoms. The summed E-state index contributed by atoms with van der Waals surface area (Å²) in [6, 6.07) is 0. The Morgan fingerprint density at radius 1 is 1.38 bits per heavy atom. The molecule has 1 aliphatic rings. The van der Waals surface area contributed by atoms with Gasteiger partial charge in [-0.3, -0.25) is 14.5 Å². The Hall–Kier alpha value is -1.69. The fraction of sp³-hybridized carbons (Fsp3) is 0.579. The van der Waals surface area contributed by atoms with Crippen molar-refractivity contribution in [3.63, 3.8) is 0 Å². The predicted octanol–water partition coefficient (Wildman–Crippen LogP) is 2.47. The number of guanidine groups is 1. The molecule has 1 saturated heterocycles. The van der Waals surface area contributed by atoms with E-state index in [0.717, 1.165) is 36.9 Å². The van der Waals surface area contributed by atoms with Crippen LogP contribution < -0.4 is 10.2 Å². The van der Waals surface area contributed by atoms with Crippen molar-refractivity contribution < 1.29 is 4.79 Å².